The van der Waals surface area contributed by atoms with Gasteiger partial charge in [0, 0.05) is 30.7 Å². The lowest BCUT2D eigenvalue weighted by Gasteiger charge is -2.13. The Kier molecular flexibility index (Phi) is 6.99. The molecule has 1 unspecified atom stereocenters. The molecule has 104 valence electrons. The average molecular weight is 282 g/mol. The van der Waals surface area contributed by atoms with Crippen molar-refractivity contribution in [1.82, 2.24) is 10.6 Å². The predicted molar refractivity (Wildman–Crippen MR) is 75.3 cm³/mol. The van der Waals surface area contributed by atoms with Gasteiger partial charge in [-0.1, -0.05) is 18.2 Å². The number of amides is 1. The second-order valence-corrected chi connectivity index (χ2v) is 5.13. The highest BCUT2D eigenvalue weighted by Crippen LogP contribution is 2.15. The lowest BCUT2D eigenvalue weighted by atomic mass is 10.3. The summed E-state index contributed by atoms with van der Waals surface area (Å²) in [5.41, 5.74) is 0. The Hall–Kier alpha value is -1.53. The van der Waals surface area contributed by atoms with Gasteiger partial charge in [0.05, 0.1) is 0 Å². The van der Waals surface area contributed by atoms with Crippen LogP contribution in [0.25, 0.3) is 0 Å². The standard InChI is InChI=1S/C13H18N2O3S/c1-10(16)15-12(13(17)18)9-14-7-8-19-11-5-3-2-4-6-11/h2-6,12,14H,7-9H2,1H3,(H,15,16)(H,17,18). The fourth-order valence-corrected chi connectivity index (χ4v) is 2.28. The Morgan fingerprint density at radius 3 is 2.58 bits per heavy atom. The third kappa shape index (κ3) is 6.83. The maximum absolute atomic E-state index is 10.9. The van der Waals surface area contributed by atoms with Crippen molar-refractivity contribution in [2.24, 2.45) is 0 Å². The number of hydrogen-bond donors (Lipinski definition) is 3. The summed E-state index contributed by atoms with van der Waals surface area (Å²) in [5, 5.41) is 14.3. The van der Waals surface area contributed by atoms with Gasteiger partial charge in [0.2, 0.25) is 5.91 Å². The summed E-state index contributed by atoms with van der Waals surface area (Å²) in [7, 11) is 0. The molecule has 1 aromatic carbocycles. The van der Waals surface area contributed by atoms with E-state index >= 15 is 0 Å². The summed E-state index contributed by atoms with van der Waals surface area (Å²) in [6.45, 7) is 2.22. The van der Waals surface area contributed by atoms with Gasteiger partial charge in [-0.2, -0.15) is 0 Å². The van der Waals surface area contributed by atoms with E-state index in [1.165, 1.54) is 11.8 Å². The quantitative estimate of drug-likeness (QED) is 0.489. The minimum Gasteiger partial charge on any atom is -0.480 e. The van der Waals surface area contributed by atoms with Crippen LogP contribution in [-0.4, -0.2) is 41.9 Å². The zero-order valence-electron chi connectivity index (χ0n) is 10.8. The molecule has 0 aliphatic rings. The summed E-state index contributed by atoms with van der Waals surface area (Å²) in [6, 6.07) is 9.11. The van der Waals surface area contributed by atoms with Gasteiger partial charge in [0.15, 0.2) is 0 Å². The molecule has 1 amide bonds. The van der Waals surface area contributed by atoms with Gasteiger partial charge in [-0.15, -0.1) is 11.8 Å². The van der Waals surface area contributed by atoms with Gasteiger partial charge in [-0.05, 0) is 12.1 Å². The van der Waals surface area contributed by atoms with E-state index in [1.807, 2.05) is 30.3 Å². The van der Waals surface area contributed by atoms with E-state index in [1.54, 1.807) is 11.8 Å². The molecule has 0 aromatic heterocycles. The van der Waals surface area contributed by atoms with Crippen LogP contribution in [0.1, 0.15) is 6.92 Å². The number of rotatable bonds is 8. The molecule has 19 heavy (non-hydrogen) atoms. The zero-order valence-corrected chi connectivity index (χ0v) is 11.6. The number of carboxylic acid groups (broad SMARTS) is 1. The fourth-order valence-electron chi connectivity index (χ4n) is 1.45. The molecule has 0 heterocycles. The minimum absolute atomic E-state index is 0.226. The number of hydrogen-bond acceptors (Lipinski definition) is 4. The molecule has 0 aliphatic heterocycles. The van der Waals surface area contributed by atoms with Crippen molar-refractivity contribution < 1.29 is 14.7 Å². The Morgan fingerprint density at radius 1 is 1.32 bits per heavy atom. The Labute approximate surface area is 116 Å². The third-order valence-corrected chi connectivity index (χ3v) is 3.33. The number of nitrogens with one attached hydrogen (secondary N) is 2. The molecule has 1 rings (SSSR count). The Balaban J connectivity index is 2.18. The van der Waals surface area contributed by atoms with E-state index in [2.05, 4.69) is 10.6 Å². The molecule has 1 aromatic rings. The number of carboxylic acids is 1. The topological polar surface area (TPSA) is 78.4 Å². The number of carbonyl (C=O) groups is 2. The molecule has 0 bridgehead atoms. The highest BCUT2D eigenvalue weighted by molar-refractivity contribution is 7.99. The van der Waals surface area contributed by atoms with Crippen molar-refractivity contribution in [1.29, 1.82) is 0 Å². The lowest BCUT2D eigenvalue weighted by molar-refractivity contribution is -0.141. The van der Waals surface area contributed by atoms with Crippen LogP contribution in [0.5, 0.6) is 0 Å². The van der Waals surface area contributed by atoms with Crippen LogP contribution in [-0.2, 0) is 9.59 Å². The highest BCUT2D eigenvalue weighted by Gasteiger charge is 2.17. The number of aliphatic carboxylic acids is 1. The van der Waals surface area contributed by atoms with E-state index in [9.17, 15) is 9.59 Å². The van der Waals surface area contributed by atoms with Crippen LogP contribution < -0.4 is 10.6 Å². The first-order valence-corrected chi connectivity index (χ1v) is 6.96. The first kappa shape index (κ1) is 15.5. The van der Waals surface area contributed by atoms with Crippen LogP contribution in [0, 0.1) is 0 Å². The molecule has 5 nitrogen and oxygen atoms in total. The maximum atomic E-state index is 10.9. The van der Waals surface area contributed by atoms with E-state index in [0.29, 0.717) is 6.54 Å². The van der Waals surface area contributed by atoms with E-state index < -0.39 is 12.0 Å². The number of benzene rings is 1. The monoisotopic (exact) mass is 282 g/mol. The van der Waals surface area contributed by atoms with Crippen LogP contribution in [0.2, 0.25) is 0 Å². The molecule has 0 aliphatic carbocycles. The van der Waals surface area contributed by atoms with Gasteiger partial charge in [-0.3, -0.25) is 4.79 Å². The van der Waals surface area contributed by atoms with Crippen molar-refractivity contribution in [3.8, 4) is 0 Å². The van der Waals surface area contributed by atoms with Crippen LogP contribution >= 0.6 is 11.8 Å². The Morgan fingerprint density at radius 2 is 2.00 bits per heavy atom. The second kappa shape index (κ2) is 8.55. The first-order valence-electron chi connectivity index (χ1n) is 5.98. The molecule has 3 N–H and O–H groups in total. The molecule has 0 radical (unpaired) electrons. The average Bonchev–Trinajstić information content (AvgIpc) is 2.37. The minimum atomic E-state index is -1.03. The van der Waals surface area contributed by atoms with E-state index in [0.717, 1.165) is 5.75 Å². The normalized spacial score (nSPS) is 11.8. The molecular weight excluding hydrogens is 264 g/mol. The van der Waals surface area contributed by atoms with Crippen LogP contribution in [0.15, 0.2) is 35.2 Å². The van der Waals surface area contributed by atoms with E-state index in [-0.39, 0.29) is 12.5 Å². The summed E-state index contributed by atoms with van der Waals surface area (Å²) in [5.74, 6) is -0.526. The van der Waals surface area contributed by atoms with Gasteiger partial charge in [0.1, 0.15) is 6.04 Å². The van der Waals surface area contributed by atoms with Crippen LogP contribution in [0.4, 0.5) is 0 Å². The van der Waals surface area contributed by atoms with Crippen molar-refractivity contribution in [3.05, 3.63) is 30.3 Å². The third-order valence-electron chi connectivity index (χ3n) is 2.31. The lowest BCUT2D eigenvalue weighted by Crippen LogP contribution is -2.46. The Bertz CT molecular complexity index is 412. The smallest absolute Gasteiger partial charge is 0.327 e. The zero-order chi connectivity index (χ0) is 14.1. The fraction of sp³-hybridized carbons (Fsp3) is 0.385. The molecule has 0 fully saturated rings. The molecule has 0 saturated carbocycles. The van der Waals surface area contributed by atoms with Crippen molar-refractivity contribution in [2.75, 3.05) is 18.8 Å². The van der Waals surface area contributed by atoms with Crippen LogP contribution in [0.3, 0.4) is 0 Å². The van der Waals surface area contributed by atoms with Gasteiger partial charge < -0.3 is 15.7 Å². The maximum Gasteiger partial charge on any atom is 0.327 e. The molecule has 6 heteroatoms. The number of thioether (sulfide) groups is 1. The predicted octanol–water partition coefficient (Wildman–Crippen LogP) is 0.958. The van der Waals surface area contributed by atoms with E-state index in [4.69, 9.17) is 5.11 Å². The molecule has 0 saturated heterocycles. The van der Waals surface area contributed by atoms with Crippen molar-refractivity contribution in [3.63, 3.8) is 0 Å². The number of carbonyl (C=O) groups excluding carboxylic acids is 1. The molecule has 1 atom stereocenters. The molecule has 0 spiro atoms. The largest absolute Gasteiger partial charge is 0.480 e. The summed E-state index contributed by atoms with van der Waals surface area (Å²) < 4.78 is 0. The SMILES string of the molecule is CC(=O)NC(CNCCSc1ccccc1)C(=O)O. The van der Waals surface area contributed by atoms with Gasteiger partial charge in [0.25, 0.3) is 0 Å². The van der Waals surface area contributed by atoms with Crippen molar-refractivity contribution >= 4 is 23.6 Å². The van der Waals surface area contributed by atoms with Crippen molar-refractivity contribution in [2.45, 2.75) is 17.9 Å². The first-order chi connectivity index (χ1) is 9.09. The summed E-state index contributed by atoms with van der Waals surface area (Å²) >= 11 is 1.70. The van der Waals surface area contributed by atoms with Gasteiger partial charge in [-0.25, -0.2) is 4.79 Å². The highest BCUT2D eigenvalue weighted by atomic mass is 32.2. The molecular formula is C13H18N2O3S. The van der Waals surface area contributed by atoms with Gasteiger partial charge >= 0.3 is 5.97 Å². The summed E-state index contributed by atoms with van der Waals surface area (Å²) in [6.07, 6.45) is 0. The summed E-state index contributed by atoms with van der Waals surface area (Å²) in [4.78, 5) is 22.9. The second-order valence-electron chi connectivity index (χ2n) is 3.96.